The van der Waals surface area contributed by atoms with E-state index in [1.54, 1.807) is 42.5 Å². The number of hydrogen-bond acceptors (Lipinski definition) is 5. The maximum Gasteiger partial charge on any atom is 0.219 e. The molecule has 0 radical (unpaired) electrons. The number of hydrogen-bond donors (Lipinski definition) is 1. The maximum atomic E-state index is 9.96. The number of phenols is 1. The third-order valence-electron chi connectivity index (χ3n) is 4.27. The monoisotopic (exact) mass is 414 g/mol. The van der Waals surface area contributed by atoms with Crippen LogP contribution in [0.25, 0.3) is 22.2 Å². The van der Waals surface area contributed by atoms with Crippen LogP contribution in [0.15, 0.2) is 53.1 Å². The minimum Gasteiger partial charge on any atom is -0.506 e. The third-order valence-corrected chi connectivity index (χ3v) is 4.82. The second-order valence-electron chi connectivity index (χ2n) is 6.28. The number of pyridine rings is 1. The summed E-state index contributed by atoms with van der Waals surface area (Å²) in [6.07, 6.45) is 1.64. The van der Waals surface area contributed by atoms with Gasteiger partial charge in [0, 0.05) is 22.7 Å². The molecular formula is C21H16Cl2N2O3. The van der Waals surface area contributed by atoms with Gasteiger partial charge in [-0.2, -0.15) is 0 Å². The minimum absolute atomic E-state index is 0.0219. The molecule has 2 heterocycles. The van der Waals surface area contributed by atoms with Crippen molar-refractivity contribution in [2.24, 2.45) is 0 Å². The number of fused-ring (bicyclic) bond motifs is 1. The smallest absolute Gasteiger partial charge is 0.219 e. The SMILES string of the molecule is CCCc1nc(Oc2ccc(Cl)cc2)ccc1-c1noc2cc(Cl)c(O)cc12. The highest BCUT2D eigenvalue weighted by Crippen LogP contribution is 2.36. The fourth-order valence-corrected chi connectivity index (χ4v) is 3.23. The van der Waals surface area contributed by atoms with E-state index in [-0.39, 0.29) is 10.8 Å². The van der Waals surface area contributed by atoms with Crippen LogP contribution >= 0.6 is 23.2 Å². The van der Waals surface area contributed by atoms with E-state index in [2.05, 4.69) is 17.1 Å². The molecule has 7 heteroatoms. The van der Waals surface area contributed by atoms with Crippen molar-refractivity contribution in [1.29, 1.82) is 0 Å². The highest BCUT2D eigenvalue weighted by molar-refractivity contribution is 6.32. The average molecular weight is 415 g/mol. The van der Waals surface area contributed by atoms with E-state index in [1.807, 2.05) is 6.07 Å². The molecule has 0 unspecified atom stereocenters. The first-order chi connectivity index (χ1) is 13.5. The van der Waals surface area contributed by atoms with E-state index in [1.165, 1.54) is 0 Å². The van der Waals surface area contributed by atoms with Crippen LogP contribution in [-0.2, 0) is 6.42 Å². The van der Waals surface area contributed by atoms with Gasteiger partial charge in [0.1, 0.15) is 17.2 Å². The molecule has 28 heavy (non-hydrogen) atoms. The van der Waals surface area contributed by atoms with Crippen LogP contribution in [0.3, 0.4) is 0 Å². The summed E-state index contributed by atoms with van der Waals surface area (Å²) in [7, 11) is 0. The molecule has 0 saturated carbocycles. The van der Waals surface area contributed by atoms with Crippen molar-refractivity contribution in [3.63, 3.8) is 0 Å². The Kier molecular flexibility index (Phi) is 5.11. The summed E-state index contributed by atoms with van der Waals surface area (Å²) in [5.74, 6) is 1.11. The molecule has 0 bridgehead atoms. The van der Waals surface area contributed by atoms with Crippen LogP contribution in [0.1, 0.15) is 19.0 Å². The van der Waals surface area contributed by atoms with Gasteiger partial charge < -0.3 is 14.4 Å². The van der Waals surface area contributed by atoms with Gasteiger partial charge >= 0.3 is 0 Å². The molecule has 0 amide bonds. The Balaban J connectivity index is 1.75. The molecule has 0 aliphatic rings. The summed E-state index contributed by atoms with van der Waals surface area (Å²) in [6, 6.07) is 13.9. The molecule has 0 atom stereocenters. The van der Waals surface area contributed by atoms with E-state index >= 15 is 0 Å². The van der Waals surface area contributed by atoms with Gasteiger partial charge in [0.15, 0.2) is 5.58 Å². The van der Waals surface area contributed by atoms with Gasteiger partial charge in [-0.15, -0.1) is 0 Å². The Morgan fingerprint density at radius 3 is 2.61 bits per heavy atom. The summed E-state index contributed by atoms with van der Waals surface area (Å²) in [5, 5.41) is 15.7. The van der Waals surface area contributed by atoms with Crippen LogP contribution in [0.4, 0.5) is 0 Å². The molecule has 0 fully saturated rings. The van der Waals surface area contributed by atoms with Gasteiger partial charge in [0.25, 0.3) is 0 Å². The molecular weight excluding hydrogens is 399 g/mol. The number of aryl methyl sites for hydroxylation is 1. The predicted molar refractivity (Wildman–Crippen MR) is 109 cm³/mol. The van der Waals surface area contributed by atoms with E-state index in [0.717, 1.165) is 24.1 Å². The Labute approximate surface area is 171 Å². The Bertz CT molecular complexity index is 1140. The topological polar surface area (TPSA) is 68.4 Å². The highest BCUT2D eigenvalue weighted by atomic mass is 35.5. The average Bonchev–Trinajstić information content (AvgIpc) is 3.07. The lowest BCUT2D eigenvalue weighted by Crippen LogP contribution is -1.97. The van der Waals surface area contributed by atoms with Gasteiger partial charge in [-0.25, -0.2) is 4.98 Å². The first-order valence-corrected chi connectivity index (χ1v) is 9.52. The van der Waals surface area contributed by atoms with Crippen LogP contribution < -0.4 is 4.74 Å². The molecule has 5 nitrogen and oxygen atoms in total. The lowest BCUT2D eigenvalue weighted by molar-refractivity contribution is 0.456. The third kappa shape index (κ3) is 3.63. The quantitative estimate of drug-likeness (QED) is 0.395. The number of phenolic OH excluding ortho intramolecular Hbond substituents is 1. The van der Waals surface area contributed by atoms with E-state index in [4.69, 9.17) is 32.5 Å². The van der Waals surface area contributed by atoms with Crippen molar-refractivity contribution >= 4 is 34.2 Å². The maximum absolute atomic E-state index is 9.96. The van der Waals surface area contributed by atoms with Crippen molar-refractivity contribution in [3.05, 3.63) is 64.3 Å². The van der Waals surface area contributed by atoms with E-state index in [9.17, 15) is 5.11 Å². The highest BCUT2D eigenvalue weighted by Gasteiger charge is 2.17. The molecule has 4 rings (SSSR count). The normalized spacial score (nSPS) is 11.1. The van der Waals surface area contributed by atoms with Gasteiger partial charge in [-0.1, -0.05) is 41.7 Å². The van der Waals surface area contributed by atoms with Crippen LogP contribution in [0.5, 0.6) is 17.4 Å². The summed E-state index contributed by atoms with van der Waals surface area (Å²) >= 11 is 11.9. The number of halogens is 2. The van der Waals surface area contributed by atoms with Crippen molar-refractivity contribution in [2.75, 3.05) is 0 Å². The van der Waals surface area contributed by atoms with Gasteiger partial charge in [-0.05, 0) is 42.8 Å². The Hall–Kier alpha value is -2.76. The number of benzene rings is 2. The zero-order valence-electron chi connectivity index (χ0n) is 14.9. The summed E-state index contributed by atoms with van der Waals surface area (Å²) < 4.78 is 11.2. The van der Waals surface area contributed by atoms with Crippen LogP contribution in [0.2, 0.25) is 10.0 Å². The van der Waals surface area contributed by atoms with Gasteiger partial charge in [0.05, 0.1) is 16.1 Å². The van der Waals surface area contributed by atoms with Crippen molar-refractivity contribution in [1.82, 2.24) is 10.1 Å². The summed E-state index contributed by atoms with van der Waals surface area (Å²) in [4.78, 5) is 4.66. The number of ether oxygens (including phenoxy) is 1. The van der Waals surface area contributed by atoms with E-state index < -0.39 is 0 Å². The standard InChI is InChI=1S/C21H16Cl2N2O3/c1-2-3-17-14(21-15-10-18(26)16(23)11-19(15)28-25-21)8-9-20(24-17)27-13-6-4-12(22)5-7-13/h4-11,26H,2-3H2,1H3. The fraction of sp³-hybridized carbons (Fsp3) is 0.143. The first-order valence-electron chi connectivity index (χ1n) is 8.76. The molecule has 1 N–H and O–H groups in total. The summed E-state index contributed by atoms with van der Waals surface area (Å²) in [6.45, 7) is 2.07. The number of aromatic hydroxyl groups is 1. The molecule has 2 aromatic carbocycles. The zero-order valence-corrected chi connectivity index (χ0v) is 16.5. The van der Waals surface area contributed by atoms with Crippen molar-refractivity contribution < 1.29 is 14.4 Å². The molecule has 142 valence electrons. The summed E-state index contributed by atoms with van der Waals surface area (Å²) in [5.41, 5.74) is 2.77. The largest absolute Gasteiger partial charge is 0.506 e. The number of aromatic nitrogens is 2. The molecule has 0 spiro atoms. The molecule has 2 aromatic heterocycles. The first kappa shape index (κ1) is 18.6. The van der Waals surface area contributed by atoms with Crippen molar-refractivity contribution in [3.8, 4) is 28.6 Å². The molecule has 4 aromatic rings. The number of rotatable bonds is 5. The zero-order chi connectivity index (χ0) is 19.7. The predicted octanol–water partition coefficient (Wildman–Crippen LogP) is 6.65. The molecule has 0 aliphatic heterocycles. The second kappa shape index (κ2) is 7.70. The second-order valence-corrected chi connectivity index (χ2v) is 7.12. The van der Waals surface area contributed by atoms with Crippen LogP contribution in [-0.4, -0.2) is 15.2 Å². The Morgan fingerprint density at radius 1 is 1.07 bits per heavy atom. The Morgan fingerprint density at radius 2 is 1.86 bits per heavy atom. The van der Waals surface area contributed by atoms with Crippen LogP contribution in [0, 0.1) is 0 Å². The molecule has 0 aliphatic carbocycles. The minimum atomic E-state index is -0.0219. The number of nitrogens with zero attached hydrogens (tertiary/aromatic N) is 2. The fourth-order valence-electron chi connectivity index (χ4n) is 2.95. The molecule has 0 saturated heterocycles. The van der Waals surface area contributed by atoms with Crippen molar-refractivity contribution in [2.45, 2.75) is 19.8 Å². The lowest BCUT2D eigenvalue weighted by atomic mass is 10.0. The lowest BCUT2D eigenvalue weighted by Gasteiger charge is -2.10. The van der Waals surface area contributed by atoms with Gasteiger partial charge in [-0.3, -0.25) is 0 Å². The van der Waals surface area contributed by atoms with Gasteiger partial charge in [0.2, 0.25) is 5.88 Å². The van der Waals surface area contributed by atoms with E-state index in [0.29, 0.717) is 33.3 Å².